The van der Waals surface area contributed by atoms with Crippen molar-refractivity contribution in [1.82, 2.24) is 0 Å². The molecule has 24 heavy (non-hydrogen) atoms. The standard InChI is InChI=1S/C21H23NP.HI/c22-17-10-18-23(19-11-4-1-5-12-19,20-13-6-2-7-14-20)21-15-8-3-9-16-21;/h1-9,11-16H,10,17-18,22H2;1H/q+1;. The molecule has 0 heterocycles. The van der Waals surface area contributed by atoms with Gasteiger partial charge in [-0.25, -0.2) is 0 Å². The molecule has 124 valence electrons. The molecule has 0 aliphatic rings. The molecule has 3 aromatic rings. The lowest BCUT2D eigenvalue weighted by atomic mass is 10.4. The average molecular weight is 448 g/mol. The van der Waals surface area contributed by atoms with Gasteiger partial charge in [0.25, 0.3) is 0 Å². The van der Waals surface area contributed by atoms with E-state index in [0.717, 1.165) is 19.1 Å². The Hall–Kier alpha value is -1.22. The molecule has 0 radical (unpaired) electrons. The van der Waals surface area contributed by atoms with Crippen molar-refractivity contribution >= 4 is 47.2 Å². The summed E-state index contributed by atoms with van der Waals surface area (Å²) in [5, 5.41) is 4.31. The lowest BCUT2D eigenvalue weighted by Crippen LogP contribution is -2.33. The third kappa shape index (κ3) is 3.88. The first-order chi connectivity index (χ1) is 11.4. The Kier molecular flexibility index (Phi) is 7.41. The summed E-state index contributed by atoms with van der Waals surface area (Å²) >= 11 is 0. The van der Waals surface area contributed by atoms with Gasteiger partial charge in [0.1, 0.15) is 23.2 Å². The van der Waals surface area contributed by atoms with E-state index in [2.05, 4.69) is 91.0 Å². The second-order valence-corrected chi connectivity index (χ2v) is 9.30. The molecule has 0 amide bonds. The minimum atomic E-state index is -1.65. The highest BCUT2D eigenvalue weighted by molar-refractivity contribution is 14.0. The molecule has 0 saturated heterocycles. The van der Waals surface area contributed by atoms with Crippen molar-refractivity contribution in [1.29, 1.82) is 0 Å². The molecule has 0 bridgehead atoms. The van der Waals surface area contributed by atoms with E-state index in [1.807, 2.05) is 0 Å². The summed E-state index contributed by atoms with van der Waals surface area (Å²) in [5.74, 6) is 0. The molecule has 0 aliphatic carbocycles. The van der Waals surface area contributed by atoms with Crippen LogP contribution in [0.2, 0.25) is 0 Å². The SMILES string of the molecule is I.NCCC[P+](c1ccccc1)(c1ccccc1)c1ccccc1. The van der Waals surface area contributed by atoms with E-state index < -0.39 is 7.26 Å². The van der Waals surface area contributed by atoms with Crippen molar-refractivity contribution in [3.8, 4) is 0 Å². The zero-order chi connectivity index (χ0) is 16.0. The third-order valence-corrected chi connectivity index (χ3v) is 8.81. The number of halogens is 1. The first-order valence-corrected chi connectivity index (χ1v) is 10.1. The number of nitrogens with two attached hydrogens (primary N) is 1. The van der Waals surface area contributed by atoms with Crippen molar-refractivity contribution < 1.29 is 0 Å². The zero-order valence-electron chi connectivity index (χ0n) is 13.7. The maximum atomic E-state index is 5.89. The topological polar surface area (TPSA) is 26.0 Å². The van der Waals surface area contributed by atoms with Gasteiger partial charge in [0.2, 0.25) is 0 Å². The van der Waals surface area contributed by atoms with E-state index in [-0.39, 0.29) is 24.0 Å². The van der Waals surface area contributed by atoms with Crippen LogP contribution in [0.15, 0.2) is 91.0 Å². The predicted octanol–water partition coefficient (Wildman–Crippen LogP) is 3.95. The first-order valence-electron chi connectivity index (χ1n) is 8.13. The molecule has 0 fully saturated rings. The van der Waals surface area contributed by atoms with Gasteiger partial charge in [-0.15, -0.1) is 24.0 Å². The summed E-state index contributed by atoms with van der Waals surface area (Å²) in [6, 6.07) is 32.9. The van der Waals surface area contributed by atoms with Gasteiger partial charge < -0.3 is 5.73 Å². The van der Waals surface area contributed by atoms with Gasteiger partial charge in [0.05, 0.1) is 6.16 Å². The molecular formula is C21H24INP+. The first kappa shape index (κ1) is 19.1. The number of rotatable bonds is 6. The van der Waals surface area contributed by atoms with E-state index in [1.165, 1.54) is 15.9 Å². The summed E-state index contributed by atoms with van der Waals surface area (Å²) in [7, 11) is -1.65. The van der Waals surface area contributed by atoms with E-state index in [1.54, 1.807) is 0 Å². The van der Waals surface area contributed by atoms with Crippen molar-refractivity contribution in [3.05, 3.63) is 91.0 Å². The van der Waals surface area contributed by atoms with E-state index >= 15 is 0 Å². The van der Waals surface area contributed by atoms with Gasteiger partial charge in [-0.05, 0) is 49.4 Å². The molecule has 0 aromatic heterocycles. The van der Waals surface area contributed by atoms with Gasteiger partial charge in [0.15, 0.2) is 0 Å². The zero-order valence-corrected chi connectivity index (χ0v) is 16.9. The molecule has 0 spiro atoms. The molecule has 0 saturated carbocycles. The summed E-state index contributed by atoms with van der Waals surface area (Å²) in [6.07, 6.45) is 2.15. The fraction of sp³-hybridized carbons (Fsp3) is 0.143. The molecule has 0 atom stereocenters. The second kappa shape index (κ2) is 9.31. The number of hydrogen-bond acceptors (Lipinski definition) is 1. The molecule has 0 unspecified atom stereocenters. The van der Waals surface area contributed by atoms with Gasteiger partial charge in [0, 0.05) is 0 Å². The molecule has 3 aromatic carbocycles. The van der Waals surface area contributed by atoms with Gasteiger partial charge in [-0.2, -0.15) is 0 Å². The van der Waals surface area contributed by atoms with E-state index in [9.17, 15) is 0 Å². The Bertz CT molecular complexity index is 620. The normalized spacial score (nSPS) is 10.9. The molecule has 1 nitrogen and oxygen atoms in total. The maximum Gasteiger partial charge on any atom is 0.112 e. The maximum absolute atomic E-state index is 5.89. The van der Waals surface area contributed by atoms with Crippen LogP contribution in [0.25, 0.3) is 0 Å². The minimum absolute atomic E-state index is 0. The Morgan fingerprint density at radius 3 is 1.21 bits per heavy atom. The van der Waals surface area contributed by atoms with Crippen LogP contribution in [0.1, 0.15) is 6.42 Å². The fourth-order valence-corrected chi connectivity index (χ4v) is 7.58. The molecule has 0 aliphatic heterocycles. The van der Waals surface area contributed by atoms with Gasteiger partial charge in [-0.1, -0.05) is 54.6 Å². The number of hydrogen-bond donors (Lipinski definition) is 1. The van der Waals surface area contributed by atoms with Crippen LogP contribution in [0.3, 0.4) is 0 Å². The van der Waals surface area contributed by atoms with E-state index in [4.69, 9.17) is 5.73 Å². The highest BCUT2D eigenvalue weighted by Crippen LogP contribution is 2.55. The van der Waals surface area contributed by atoms with Crippen molar-refractivity contribution in [2.24, 2.45) is 5.73 Å². The third-order valence-electron chi connectivity index (χ3n) is 4.29. The Morgan fingerprint density at radius 1 is 0.583 bits per heavy atom. The average Bonchev–Trinajstić information content (AvgIpc) is 2.65. The second-order valence-electron chi connectivity index (χ2n) is 5.68. The van der Waals surface area contributed by atoms with Crippen LogP contribution >= 0.6 is 31.2 Å². The van der Waals surface area contributed by atoms with Crippen LogP contribution < -0.4 is 21.6 Å². The van der Waals surface area contributed by atoms with Gasteiger partial charge >= 0.3 is 0 Å². The van der Waals surface area contributed by atoms with Crippen LogP contribution in [-0.4, -0.2) is 12.7 Å². The molecule has 3 heteroatoms. The lowest BCUT2D eigenvalue weighted by molar-refractivity contribution is 0.938. The Balaban J connectivity index is 0.00000208. The van der Waals surface area contributed by atoms with Crippen LogP contribution in [-0.2, 0) is 0 Å². The van der Waals surface area contributed by atoms with Crippen LogP contribution in [0, 0.1) is 0 Å². The minimum Gasteiger partial charge on any atom is -0.330 e. The highest BCUT2D eigenvalue weighted by Gasteiger charge is 2.44. The predicted molar refractivity (Wildman–Crippen MR) is 119 cm³/mol. The molecule has 3 rings (SSSR count). The summed E-state index contributed by atoms with van der Waals surface area (Å²) in [6.45, 7) is 0.730. The molecular weight excluding hydrogens is 424 g/mol. The largest absolute Gasteiger partial charge is 0.330 e. The summed E-state index contributed by atoms with van der Waals surface area (Å²) in [4.78, 5) is 0. The van der Waals surface area contributed by atoms with E-state index in [0.29, 0.717) is 0 Å². The Labute approximate surface area is 162 Å². The van der Waals surface area contributed by atoms with Crippen molar-refractivity contribution in [2.75, 3.05) is 12.7 Å². The highest BCUT2D eigenvalue weighted by atomic mass is 127. The van der Waals surface area contributed by atoms with Crippen molar-refractivity contribution in [3.63, 3.8) is 0 Å². The number of benzene rings is 3. The summed E-state index contributed by atoms with van der Waals surface area (Å²) < 4.78 is 0. The van der Waals surface area contributed by atoms with Gasteiger partial charge in [-0.3, -0.25) is 0 Å². The summed E-state index contributed by atoms with van der Waals surface area (Å²) in [5.41, 5.74) is 5.89. The monoisotopic (exact) mass is 448 g/mol. The lowest BCUT2D eigenvalue weighted by Gasteiger charge is -2.27. The Morgan fingerprint density at radius 2 is 0.917 bits per heavy atom. The van der Waals surface area contributed by atoms with Crippen LogP contribution in [0.5, 0.6) is 0 Å². The quantitative estimate of drug-likeness (QED) is 0.449. The molecule has 2 N–H and O–H groups in total. The van der Waals surface area contributed by atoms with Crippen molar-refractivity contribution in [2.45, 2.75) is 6.42 Å². The smallest absolute Gasteiger partial charge is 0.112 e. The fourth-order valence-electron chi connectivity index (χ4n) is 3.21. The van der Waals surface area contributed by atoms with Crippen LogP contribution in [0.4, 0.5) is 0 Å².